The van der Waals surface area contributed by atoms with E-state index in [1.54, 1.807) is 6.92 Å². The van der Waals surface area contributed by atoms with Gasteiger partial charge in [-0.1, -0.05) is 0 Å². The van der Waals surface area contributed by atoms with Crippen LogP contribution in [-0.2, 0) is 14.8 Å². The van der Waals surface area contributed by atoms with Gasteiger partial charge in [0.15, 0.2) is 6.10 Å². The van der Waals surface area contributed by atoms with E-state index in [-0.39, 0.29) is 16.5 Å². The number of hydrogen-bond donors (Lipinski definition) is 2. The van der Waals surface area contributed by atoms with Crippen LogP contribution in [0.3, 0.4) is 0 Å². The van der Waals surface area contributed by atoms with E-state index in [0.717, 1.165) is 12.1 Å². The number of anilines is 1. The van der Waals surface area contributed by atoms with Crippen molar-refractivity contribution in [3.63, 3.8) is 0 Å². The monoisotopic (exact) mass is 352 g/mol. The van der Waals surface area contributed by atoms with Crippen LogP contribution < -0.4 is 14.8 Å². The Hall–Kier alpha value is -2.61. The standard InChI is InChI=1S/C16H17FN2O4S/c1-11(16(20)18-2)23-14-7-9-15(10-8-14)24(21,22)19-13-5-3-12(17)4-6-13/h3-11,19H,1-2H3,(H,18,20)/t11-/m0/s1. The molecule has 2 aromatic carbocycles. The van der Waals surface area contributed by atoms with Crippen molar-refractivity contribution in [2.45, 2.75) is 17.9 Å². The van der Waals surface area contributed by atoms with Crippen molar-refractivity contribution in [1.29, 1.82) is 0 Å². The fourth-order valence-electron chi connectivity index (χ4n) is 1.89. The summed E-state index contributed by atoms with van der Waals surface area (Å²) < 4.78 is 45.1. The molecule has 0 heterocycles. The van der Waals surface area contributed by atoms with Crippen LogP contribution in [0.4, 0.5) is 10.1 Å². The normalized spacial score (nSPS) is 12.3. The van der Waals surface area contributed by atoms with Crippen molar-refractivity contribution < 1.29 is 22.3 Å². The number of carbonyl (C=O) groups is 1. The van der Waals surface area contributed by atoms with Crippen LogP contribution in [0.5, 0.6) is 5.75 Å². The molecule has 6 nitrogen and oxygen atoms in total. The molecule has 2 rings (SSSR count). The van der Waals surface area contributed by atoms with Gasteiger partial charge in [-0.15, -0.1) is 0 Å². The van der Waals surface area contributed by atoms with Crippen molar-refractivity contribution in [2.75, 3.05) is 11.8 Å². The third kappa shape index (κ3) is 4.45. The average Bonchev–Trinajstić information content (AvgIpc) is 2.56. The number of halogens is 1. The summed E-state index contributed by atoms with van der Waals surface area (Å²) in [6.07, 6.45) is -0.699. The van der Waals surface area contributed by atoms with E-state index in [1.807, 2.05) is 0 Å². The van der Waals surface area contributed by atoms with E-state index in [0.29, 0.717) is 5.75 Å². The highest BCUT2D eigenvalue weighted by molar-refractivity contribution is 7.92. The van der Waals surface area contributed by atoms with Crippen LogP contribution in [0.15, 0.2) is 53.4 Å². The van der Waals surface area contributed by atoms with Gasteiger partial charge in [-0.25, -0.2) is 12.8 Å². The first kappa shape index (κ1) is 17.7. The van der Waals surface area contributed by atoms with E-state index >= 15 is 0 Å². The molecular formula is C16H17FN2O4S. The summed E-state index contributed by atoms with van der Waals surface area (Å²) in [6, 6.07) is 10.6. The molecule has 0 spiro atoms. The molecule has 0 aliphatic heterocycles. The maximum absolute atomic E-state index is 12.9. The summed E-state index contributed by atoms with van der Waals surface area (Å²) in [5.74, 6) is -0.374. The van der Waals surface area contributed by atoms with E-state index in [4.69, 9.17) is 4.74 Å². The highest BCUT2D eigenvalue weighted by Crippen LogP contribution is 2.20. The molecule has 0 radical (unpaired) electrons. The second-order valence-electron chi connectivity index (χ2n) is 4.96. The van der Waals surface area contributed by atoms with Crippen molar-refractivity contribution in [3.05, 3.63) is 54.3 Å². The number of rotatable bonds is 6. The van der Waals surface area contributed by atoms with Crippen molar-refractivity contribution in [3.8, 4) is 5.75 Å². The molecule has 128 valence electrons. The van der Waals surface area contributed by atoms with E-state index in [2.05, 4.69) is 10.0 Å². The molecule has 2 N–H and O–H groups in total. The van der Waals surface area contributed by atoms with Gasteiger partial charge in [0.25, 0.3) is 15.9 Å². The Bertz CT molecular complexity index is 805. The van der Waals surface area contributed by atoms with Gasteiger partial charge in [-0.3, -0.25) is 9.52 Å². The largest absolute Gasteiger partial charge is 0.481 e. The molecule has 0 bridgehead atoms. The van der Waals surface area contributed by atoms with Gasteiger partial charge in [0.05, 0.1) is 4.90 Å². The van der Waals surface area contributed by atoms with E-state index in [1.165, 1.54) is 43.4 Å². The minimum atomic E-state index is -3.80. The van der Waals surface area contributed by atoms with Crippen LogP contribution in [-0.4, -0.2) is 27.5 Å². The highest BCUT2D eigenvalue weighted by Gasteiger charge is 2.16. The minimum Gasteiger partial charge on any atom is -0.481 e. The number of sulfonamides is 1. The second kappa shape index (κ2) is 7.31. The first-order chi connectivity index (χ1) is 11.3. The number of likely N-dealkylation sites (N-methyl/N-ethyl adjacent to an activating group) is 1. The molecule has 0 saturated heterocycles. The van der Waals surface area contributed by atoms with Gasteiger partial charge in [0, 0.05) is 12.7 Å². The lowest BCUT2D eigenvalue weighted by Gasteiger charge is -2.13. The second-order valence-corrected chi connectivity index (χ2v) is 6.64. The zero-order valence-electron chi connectivity index (χ0n) is 13.1. The summed E-state index contributed by atoms with van der Waals surface area (Å²) in [7, 11) is -2.30. The van der Waals surface area contributed by atoms with Gasteiger partial charge < -0.3 is 10.1 Å². The molecule has 24 heavy (non-hydrogen) atoms. The Morgan fingerprint density at radius 2 is 1.67 bits per heavy atom. The molecule has 0 unspecified atom stereocenters. The SMILES string of the molecule is CNC(=O)[C@H](C)Oc1ccc(S(=O)(=O)Nc2ccc(F)cc2)cc1. The first-order valence-electron chi connectivity index (χ1n) is 7.08. The fraction of sp³-hybridized carbons (Fsp3) is 0.188. The third-order valence-corrected chi connectivity index (χ3v) is 4.56. The van der Waals surface area contributed by atoms with Crippen LogP contribution in [0.2, 0.25) is 0 Å². The Morgan fingerprint density at radius 3 is 2.21 bits per heavy atom. The molecule has 0 aliphatic rings. The van der Waals surface area contributed by atoms with Crippen molar-refractivity contribution in [2.24, 2.45) is 0 Å². The van der Waals surface area contributed by atoms with Crippen molar-refractivity contribution >= 4 is 21.6 Å². The molecule has 0 saturated carbocycles. The predicted molar refractivity (Wildman–Crippen MR) is 87.8 cm³/mol. The van der Waals surface area contributed by atoms with Crippen LogP contribution in [0.1, 0.15) is 6.92 Å². The molecule has 0 aliphatic carbocycles. The quantitative estimate of drug-likeness (QED) is 0.834. The van der Waals surface area contributed by atoms with Gasteiger partial charge in [0.1, 0.15) is 11.6 Å². The van der Waals surface area contributed by atoms with Crippen LogP contribution in [0, 0.1) is 5.82 Å². The number of benzene rings is 2. The summed E-state index contributed by atoms with van der Waals surface area (Å²) in [6.45, 7) is 1.58. The molecule has 1 amide bonds. The zero-order valence-corrected chi connectivity index (χ0v) is 13.9. The van der Waals surface area contributed by atoms with Gasteiger partial charge in [-0.2, -0.15) is 0 Å². The first-order valence-corrected chi connectivity index (χ1v) is 8.57. The van der Waals surface area contributed by atoms with Gasteiger partial charge >= 0.3 is 0 Å². The highest BCUT2D eigenvalue weighted by atomic mass is 32.2. The minimum absolute atomic E-state index is 0.0202. The Kier molecular flexibility index (Phi) is 5.40. The number of hydrogen-bond acceptors (Lipinski definition) is 4. The number of ether oxygens (including phenoxy) is 1. The average molecular weight is 352 g/mol. The molecule has 0 aromatic heterocycles. The van der Waals surface area contributed by atoms with Crippen molar-refractivity contribution in [1.82, 2.24) is 5.32 Å². The molecule has 1 atom stereocenters. The molecule has 0 fully saturated rings. The van der Waals surface area contributed by atoms with Gasteiger partial charge in [0.2, 0.25) is 0 Å². The molecular weight excluding hydrogens is 335 g/mol. The number of carbonyl (C=O) groups excluding carboxylic acids is 1. The van der Waals surface area contributed by atoms with Crippen LogP contribution >= 0.6 is 0 Å². The number of amides is 1. The number of nitrogens with one attached hydrogen (secondary N) is 2. The summed E-state index contributed by atoms with van der Waals surface area (Å²) in [5.41, 5.74) is 0.255. The molecule has 8 heteroatoms. The zero-order chi connectivity index (χ0) is 17.7. The lowest BCUT2D eigenvalue weighted by Crippen LogP contribution is -2.33. The van der Waals surface area contributed by atoms with E-state index in [9.17, 15) is 17.6 Å². The Labute approximate surface area is 139 Å². The Morgan fingerprint density at radius 1 is 1.08 bits per heavy atom. The summed E-state index contributed by atoms with van der Waals surface area (Å²) in [5, 5.41) is 2.46. The lowest BCUT2D eigenvalue weighted by molar-refractivity contribution is -0.126. The summed E-state index contributed by atoms with van der Waals surface area (Å²) in [4.78, 5) is 11.4. The van der Waals surface area contributed by atoms with E-state index < -0.39 is 21.9 Å². The third-order valence-electron chi connectivity index (χ3n) is 3.16. The van der Waals surface area contributed by atoms with Crippen LogP contribution in [0.25, 0.3) is 0 Å². The Balaban J connectivity index is 2.11. The maximum atomic E-state index is 12.9. The van der Waals surface area contributed by atoms with Gasteiger partial charge in [-0.05, 0) is 55.5 Å². The maximum Gasteiger partial charge on any atom is 0.261 e. The summed E-state index contributed by atoms with van der Waals surface area (Å²) >= 11 is 0. The molecule has 2 aromatic rings. The topological polar surface area (TPSA) is 84.5 Å². The fourth-order valence-corrected chi connectivity index (χ4v) is 2.95. The lowest BCUT2D eigenvalue weighted by atomic mass is 10.3. The predicted octanol–water partition coefficient (Wildman–Crippen LogP) is 2.14. The smallest absolute Gasteiger partial charge is 0.261 e.